The smallest absolute Gasteiger partial charge is 0.314 e. The zero-order chi connectivity index (χ0) is 9.68. The van der Waals surface area contributed by atoms with Crippen molar-refractivity contribution in [3.63, 3.8) is 0 Å². The molecule has 0 saturated heterocycles. The molecule has 1 fully saturated rings. The summed E-state index contributed by atoms with van der Waals surface area (Å²) >= 11 is 0. The molecule has 0 atom stereocenters. The van der Waals surface area contributed by atoms with Gasteiger partial charge in [0.15, 0.2) is 0 Å². The van der Waals surface area contributed by atoms with Gasteiger partial charge in [-0.1, -0.05) is 0 Å². The maximum atomic E-state index is 11.0. The van der Waals surface area contributed by atoms with E-state index >= 15 is 0 Å². The molecule has 0 aromatic carbocycles. The summed E-state index contributed by atoms with van der Waals surface area (Å²) in [7, 11) is 1.64. The maximum Gasteiger partial charge on any atom is 0.314 e. The molecule has 1 saturated carbocycles. The van der Waals surface area contributed by atoms with Crippen molar-refractivity contribution < 1.29 is 4.79 Å². The van der Waals surface area contributed by atoms with Crippen LogP contribution in [-0.2, 0) is 0 Å². The van der Waals surface area contributed by atoms with Crippen LogP contribution in [0.3, 0.4) is 0 Å². The van der Waals surface area contributed by atoms with Gasteiger partial charge < -0.3 is 16.4 Å². The van der Waals surface area contributed by atoms with E-state index in [1.807, 2.05) is 0 Å². The summed E-state index contributed by atoms with van der Waals surface area (Å²) in [6.07, 6.45) is 4.42. The molecule has 4 N–H and O–H groups in total. The van der Waals surface area contributed by atoms with Gasteiger partial charge in [-0.25, -0.2) is 4.79 Å². The normalized spacial score (nSPS) is 28.2. The molecule has 13 heavy (non-hydrogen) atoms. The molecular weight excluding hydrogens is 166 g/mol. The van der Waals surface area contributed by atoms with Gasteiger partial charge in [-0.2, -0.15) is 0 Å². The number of rotatable bonds is 2. The van der Waals surface area contributed by atoms with Gasteiger partial charge in [-0.3, -0.25) is 0 Å². The van der Waals surface area contributed by atoms with Crippen LogP contribution in [0, 0.1) is 5.92 Å². The van der Waals surface area contributed by atoms with Crippen molar-refractivity contribution in [1.29, 1.82) is 0 Å². The number of carbonyl (C=O) groups is 1. The van der Waals surface area contributed by atoms with Gasteiger partial charge in [0.2, 0.25) is 0 Å². The predicted octanol–water partition coefficient (Wildman–Crippen LogP) is 0.433. The highest BCUT2D eigenvalue weighted by Gasteiger charge is 2.20. The molecular formula is C9H19N3O. The lowest BCUT2D eigenvalue weighted by Crippen LogP contribution is -2.42. The summed E-state index contributed by atoms with van der Waals surface area (Å²) in [5, 5.41) is 5.49. The third-order valence-corrected chi connectivity index (χ3v) is 2.74. The van der Waals surface area contributed by atoms with E-state index in [9.17, 15) is 4.79 Å². The molecule has 0 aromatic rings. The second-order valence-electron chi connectivity index (χ2n) is 3.68. The highest BCUT2D eigenvalue weighted by atomic mass is 16.2. The minimum atomic E-state index is -0.0730. The molecule has 0 bridgehead atoms. The Kier molecular flexibility index (Phi) is 4.02. The fraction of sp³-hybridized carbons (Fsp3) is 0.889. The van der Waals surface area contributed by atoms with E-state index in [-0.39, 0.29) is 6.03 Å². The van der Waals surface area contributed by atoms with Crippen molar-refractivity contribution in [1.82, 2.24) is 10.6 Å². The van der Waals surface area contributed by atoms with E-state index in [0.29, 0.717) is 12.0 Å². The zero-order valence-electron chi connectivity index (χ0n) is 8.18. The van der Waals surface area contributed by atoms with Gasteiger partial charge in [-0.15, -0.1) is 0 Å². The third kappa shape index (κ3) is 3.22. The number of hydrogen-bond donors (Lipinski definition) is 3. The van der Waals surface area contributed by atoms with Crippen molar-refractivity contribution in [3.05, 3.63) is 0 Å². The maximum absolute atomic E-state index is 11.0. The van der Waals surface area contributed by atoms with Crippen LogP contribution >= 0.6 is 0 Å². The van der Waals surface area contributed by atoms with Gasteiger partial charge in [0, 0.05) is 13.1 Å². The van der Waals surface area contributed by atoms with Gasteiger partial charge >= 0.3 is 6.03 Å². The average Bonchev–Trinajstić information content (AvgIpc) is 2.19. The van der Waals surface area contributed by atoms with Crippen LogP contribution < -0.4 is 16.4 Å². The van der Waals surface area contributed by atoms with Crippen molar-refractivity contribution in [3.8, 4) is 0 Å². The number of hydrogen-bond acceptors (Lipinski definition) is 2. The SMILES string of the molecule is CNC(=O)NC1CCC(CN)CC1. The predicted molar refractivity (Wildman–Crippen MR) is 52.4 cm³/mol. The Morgan fingerprint density at radius 3 is 2.46 bits per heavy atom. The molecule has 76 valence electrons. The molecule has 0 spiro atoms. The quantitative estimate of drug-likeness (QED) is 0.584. The highest BCUT2D eigenvalue weighted by Crippen LogP contribution is 2.22. The first kappa shape index (κ1) is 10.3. The molecule has 1 aliphatic rings. The monoisotopic (exact) mass is 185 g/mol. The molecule has 0 aromatic heterocycles. The fourth-order valence-corrected chi connectivity index (χ4v) is 1.80. The zero-order valence-corrected chi connectivity index (χ0v) is 8.18. The van der Waals surface area contributed by atoms with Crippen LogP contribution in [0.4, 0.5) is 4.79 Å². The van der Waals surface area contributed by atoms with Gasteiger partial charge in [0.05, 0.1) is 0 Å². The van der Waals surface area contributed by atoms with Crippen LogP contribution in [-0.4, -0.2) is 25.7 Å². The fourth-order valence-electron chi connectivity index (χ4n) is 1.80. The molecule has 1 aliphatic carbocycles. The molecule has 4 heteroatoms. The molecule has 0 unspecified atom stereocenters. The molecule has 0 aliphatic heterocycles. The summed E-state index contributed by atoms with van der Waals surface area (Å²) in [5.74, 6) is 0.669. The van der Waals surface area contributed by atoms with Crippen molar-refractivity contribution in [2.75, 3.05) is 13.6 Å². The van der Waals surface area contributed by atoms with Gasteiger partial charge in [0.1, 0.15) is 0 Å². The number of nitrogens with one attached hydrogen (secondary N) is 2. The Bertz CT molecular complexity index is 164. The number of carbonyl (C=O) groups excluding carboxylic acids is 1. The molecule has 4 nitrogen and oxygen atoms in total. The average molecular weight is 185 g/mol. The summed E-state index contributed by atoms with van der Waals surface area (Å²) in [5.41, 5.74) is 5.58. The number of urea groups is 1. The first-order valence-electron chi connectivity index (χ1n) is 4.94. The lowest BCUT2D eigenvalue weighted by molar-refractivity contribution is 0.229. The van der Waals surface area contributed by atoms with E-state index in [4.69, 9.17) is 5.73 Å². The first-order valence-corrected chi connectivity index (χ1v) is 4.94. The van der Waals surface area contributed by atoms with Crippen LogP contribution in [0.2, 0.25) is 0 Å². The molecule has 1 rings (SSSR count). The summed E-state index contributed by atoms with van der Waals surface area (Å²) in [6.45, 7) is 0.784. The van der Waals surface area contributed by atoms with Crippen LogP contribution in [0.5, 0.6) is 0 Å². The Labute approximate surface area is 79.3 Å². The lowest BCUT2D eigenvalue weighted by Gasteiger charge is -2.27. The first-order chi connectivity index (χ1) is 6.26. The summed E-state index contributed by atoms with van der Waals surface area (Å²) in [6, 6.07) is 0.277. The van der Waals surface area contributed by atoms with E-state index < -0.39 is 0 Å². The Hall–Kier alpha value is -0.770. The van der Waals surface area contributed by atoms with Crippen LogP contribution in [0.25, 0.3) is 0 Å². The third-order valence-electron chi connectivity index (χ3n) is 2.74. The molecule has 2 amide bonds. The van der Waals surface area contributed by atoms with Crippen molar-refractivity contribution in [2.45, 2.75) is 31.7 Å². The lowest BCUT2D eigenvalue weighted by atomic mass is 9.86. The minimum Gasteiger partial charge on any atom is -0.341 e. The Morgan fingerprint density at radius 1 is 1.38 bits per heavy atom. The summed E-state index contributed by atoms with van der Waals surface area (Å²) in [4.78, 5) is 11.0. The topological polar surface area (TPSA) is 67.2 Å². The van der Waals surface area contributed by atoms with E-state index in [1.165, 1.54) is 0 Å². The number of nitrogens with two attached hydrogens (primary N) is 1. The summed E-state index contributed by atoms with van der Waals surface area (Å²) < 4.78 is 0. The van der Waals surface area contributed by atoms with E-state index in [1.54, 1.807) is 7.05 Å². The standard InChI is InChI=1S/C9H19N3O/c1-11-9(13)12-8-4-2-7(6-10)3-5-8/h7-8H,2-6,10H2,1H3,(H2,11,12,13). The molecule has 0 heterocycles. The second-order valence-corrected chi connectivity index (χ2v) is 3.68. The second kappa shape index (κ2) is 5.07. The van der Waals surface area contributed by atoms with Crippen molar-refractivity contribution in [2.24, 2.45) is 11.7 Å². The highest BCUT2D eigenvalue weighted by molar-refractivity contribution is 5.73. The molecule has 0 radical (unpaired) electrons. The number of amides is 2. The largest absolute Gasteiger partial charge is 0.341 e. The van der Waals surface area contributed by atoms with Gasteiger partial charge in [0.25, 0.3) is 0 Å². The Morgan fingerprint density at radius 2 is 2.00 bits per heavy atom. The van der Waals surface area contributed by atoms with Crippen LogP contribution in [0.1, 0.15) is 25.7 Å². The Balaban J connectivity index is 2.21. The van der Waals surface area contributed by atoms with Crippen molar-refractivity contribution >= 4 is 6.03 Å². The van der Waals surface area contributed by atoms with E-state index in [0.717, 1.165) is 32.2 Å². The minimum absolute atomic E-state index is 0.0730. The van der Waals surface area contributed by atoms with Crippen LogP contribution in [0.15, 0.2) is 0 Å². The van der Waals surface area contributed by atoms with Gasteiger partial charge in [-0.05, 0) is 38.1 Å². The van der Waals surface area contributed by atoms with E-state index in [2.05, 4.69) is 10.6 Å².